The van der Waals surface area contributed by atoms with Crippen molar-refractivity contribution in [1.82, 2.24) is 0 Å². The van der Waals surface area contributed by atoms with E-state index in [0.29, 0.717) is 0 Å². The van der Waals surface area contributed by atoms with E-state index in [1.165, 1.54) is 0 Å². The minimum Gasteiger partial charge on any atom is -0.456 e. The molecule has 0 N–H and O–H groups in total. The number of hydrogen-bond acceptors (Lipinski definition) is 2. The molecule has 0 saturated carbocycles. The van der Waals surface area contributed by atoms with Gasteiger partial charge in [0.15, 0.2) is 0 Å². The maximum Gasteiger partial charge on any atom is 0.344 e. The molecule has 2 aromatic carbocycles. The number of furan rings is 1. The fourth-order valence-electron chi connectivity index (χ4n) is 2.48. The lowest BCUT2D eigenvalue weighted by atomic mass is 10.1. The third-order valence-electron chi connectivity index (χ3n) is 3.55. The molecule has 0 aliphatic rings. The second kappa shape index (κ2) is 3.13. The molecule has 3 nitrogen and oxygen atoms in total. The van der Waals surface area contributed by atoms with Gasteiger partial charge in [-0.3, -0.25) is 0 Å². The van der Waals surface area contributed by atoms with Crippen LogP contribution in [0.4, 0.5) is 0 Å². The van der Waals surface area contributed by atoms with E-state index >= 15 is 0 Å². The highest BCUT2D eigenvalue weighted by molar-refractivity contribution is 6.08. The molecule has 0 aliphatic heterocycles. The number of aryl methyl sites for hydroxylation is 2. The average Bonchev–Trinajstić information content (AvgIpc) is 2.86. The van der Waals surface area contributed by atoms with Gasteiger partial charge in [0.25, 0.3) is 5.52 Å². The second-order valence-electron chi connectivity index (χ2n) is 4.59. The highest BCUT2D eigenvalue weighted by Crippen LogP contribution is 2.31. The van der Waals surface area contributed by atoms with E-state index < -0.39 is 0 Å². The van der Waals surface area contributed by atoms with Crippen molar-refractivity contribution in [3.63, 3.8) is 0 Å². The van der Waals surface area contributed by atoms with Gasteiger partial charge in [-0.1, -0.05) is 18.2 Å². The van der Waals surface area contributed by atoms with Gasteiger partial charge >= 0.3 is 5.89 Å². The van der Waals surface area contributed by atoms with Gasteiger partial charge in [0.05, 0.1) is 6.92 Å². The zero-order valence-corrected chi connectivity index (χ0v) is 10.2. The second-order valence-corrected chi connectivity index (χ2v) is 4.59. The zero-order valence-electron chi connectivity index (χ0n) is 10.2. The third-order valence-corrected chi connectivity index (χ3v) is 3.55. The lowest BCUT2D eigenvalue weighted by molar-refractivity contribution is -0.656. The van der Waals surface area contributed by atoms with Crippen molar-refractivity contribution in [3.05, 3.63) is 42.3 Å². The molecule has 0 unspecified atom stereocenters. The summed E-state index contributed by atoms with van der Waals surface area (Å²) in [4.78, 5) is 0. The van der Waals surface area contributed by atoms with E-state index in [9.17, 15) is 0 Å². The Morgan fingerprint density at radius 1 is 0.889 bits per heavy atom. The van der Waals surface area contributed by atoms with Crippen LogP contribution < -0.4 is 4.57 Å². The van der Waals surface area contributed by atoms with Gasteiger partial charge in [0.1, 0.15) is 18.2 Å². The fourth-order valence-corrected chi connectivity index (χ4v) is 2.48. The number of hydrogen-bond donors (Lipinski definition) is 0. The number of benzene rings is 2. The van der Waals surface area contributed by atoms with Gasteiger partial charge in [0.2, 0.25) is 5.58 Å². The summed E-state index contributed by atoms with van der Waals surface area (Å²) >= 11 is 0. The molecule has 0 aliphatic carbocycles. The Balaban J connectivity index is 2.26. The molecule has 88 valence electrons. The van der Waals surface area contributed by atoms with Crippen LogP contribution in [0.2, 0.25) is 0 Å². The van der Waals surface area contributed by atoms with Crippen molar-refractivity contribution >= 4 is 33.0 Å². The predicted molar refractivity (Wildman–Crippen MR) is 69.4 cm³/mol. The summed E-state index contributed by atoms with van der Waals surface area (Å²) in [5, 5.41) is 2.28. The Morgan fingerprint density at radius 3 is 2.61 bits per heavy atom. The first-order valence-corrected chi connectivity index (χ1v) is 5.94. The van der Waals surface area contributed by atoms with Gasteiger partial charge in [-0.05, 0) is 6.07 Å². The number of rotatable bonds is 0. The van der Waals surface area contributed by atoms with Crippen LogP contribution in [0.5, 0.6) is 0 Å². The van der Waals surface area contributed by atoms with Crippen LogP contribution in [-0.4, -0.2) is 0 Å². The molecule has 0 fully saturated rings. The van der Waals surface area contributed by atoms with Gasteiger partial charge < -0.3 is 8.83 Å². The normalized spacial score (nSPS) is 11.9. The minimum absolute atomic E-state index is 0.863. The van der Waals surface area contributed by atoms with E-state index in [2.05, 4.69) is 16.7 Å². The number of nitrogens with zero attached hydrogens (tertiary/aromatic N) is 1. The van der Waals surface area contributed by atoms with Crippen LogP contribution in [-0.2, 0) is 7.05 Å². The van der Waals surface area contributed by atoms with Crippen LogP contribution in [0.15, 0.2) is 45.2 Å². The van der Waals surface area contributed by atoms with Crippen LogP contribution in [0.3, 0.4) is 0 Å². The molecule has 4 rings (SSSR count). The molecule has 4 aromatic rings. The Bertz CT molecular complexity index is 899. The molecule has 0 atom stereocenters. The highest BCUT2D eigenvalue weighted by Gasteiger charge is 2.18. The van der Waals surface area contributed by atoms with E-state index in [1.54, 1.807) is 0 Å². The highest BCUT2D eigenvalue weighted by atomic mass is 16.4. The van der Waals surface area contributed by atoms with Crippen molar-refractivity contribution in [2.75, 3.05) is 0 Å². The van der Waals surface area contributed by atoms with E-state index in [4.69, 9.17) is 8.83 Å². The van der Waals surface area contributed by atoms with Crippen LogP contribution in [0.1, 0.15) is 5.89 Å². The number of aromatic nitrogens is 1. The Hall–Kier alpha value is -2.29. The standard InChI is InChI=1S/C15H12NO2/c1-9-16(2)12-7-11-10-5-3-4-6-13(10)18-14(11)8-15(12)17-9/h3-8H,1-2H3/q+1. The zero-order chi connectivity index (χ0) is 12.3. The number of fused-ring (bicyclic) bond motifs is 4. The lowest BCUT2D eigenvalue weighted by Gasteiger charge is -1.87. The van der Waals surface area contributed by atoms with Crippen molar-refractivity contribution in [3.8, 4) is 0 Å². The Labute approximate surface area is 103 Å². The molecule has 2 aromatic heterocycles. The molecule has 2 heterocycles. The summed E-state index contributed by atoms with van der Waals surface area (Å²) in [6.45, 7) is 1.96. The quantitative estimate of drug-likeness (QED) is 0.439. The Morgan fingerprint density at radius 2 is 1.72 bits per heavy atom. The van der Waals surface area contributed by atoms with E-state index in [0.717, 1.165) is 38.9 Å². The lowest BCUT2D eigenvalue weighted by Crippen LogP contribution is -2.28. The van der Waals surface area contributed by atoms with Crippen molar-refractivity contribution < 1.29 is 13.4 Å². The predicted octanol–water partition coefficient (Wildman–Crippen LogP) is 3.47. The molecule has 0 radical (unpaired) electrons. The smallest absolute Gasteiger partial charge is 0.344 e. The number of para-hydroxylation sites is 1. The summed E-state index contributed by atoms with van der Waals surface area (Å²) < 4.78 is 13.6. The van der Waals surface area contributed by atoms with Crippen molar-refractivity contribution in [1.29, 1.82) is 0 Å². The molecule has 0 amide bonds. The molecule has 18 heavy (non-hydrogen) atoms. The Kier molecular flexibility index (Phi) is 1.69. The summed E-state index contributed by atoms with van der Waals surface area (Å²) in [6, 6.07) is 12.2. The first-order chi connectivity index (χ1) is 8.74. The largest absolute Gasteiger partial charge is 0.456 e. The maximum absolute atomic E-state index is 5.84. The van der Waals surface area contributed by atoms with E-state index in [-0.39, 0.29) is 0 Å². The molecule has 3 heteroatoms. The van der Waals surface area contributed by atoms with Gasteiger partial charge in [-0.25, -0.2) is 0 Å². The van der Waals surface area contributed by atoms with Crippen LogP contribution >= 0.6 is 0 Å². The number of oxazole rings is 1. The van der Waals surface area contributed by atoms with Crippen LogP contribution in [0, 0.1) is 6.92 Å². The maximum atomic E-state index is 5.84. The van der Waals surface area contributed by atoms with E-state index in [1.807, 2.05) is 38.2 Å². The topological polar surface area (TPSA) is 30.2 Å². The van der Waals surface area contributed by atoms with Crippen molar-refractivity contribution in [2.24, 2.45) is 7.05 Å². The first-order valence-electron chi connectivity index (χ1n) is 5.94. The third kappa shape index (κ3) is 1.11. The molecule has 0 spiro atoms. The van der Waals surface area contributed by atoms with Gasteiger partial charge in [-0.15, -0.1) is 0 Å². The summed E-state index contributed by atoms with van der Waals surface area (Å²) in [5.74, 6) is 0.891. The summed E-state index contributed by atoms with van der Waals surface area (Å²) in [5.41, 5.74) is 3.74. The van der Waals surface area contributed by atoms with Crippen LogP contribution in [0.25, 0.3) is 33.0 Å². The first kappa shape index (κ1) is 9.71. The summed E-state index contributed by atoms with van der Waals surface area (Å²) in [6.07, 6.45) is 0. The van der Waals surface area contributed by atoms with Crippen molar-refractivity contribution in [2.45, 2.75) is 6.92 Å². The molecular weight excluding hydrogens is 226 g/mol. The van der Waals surface area contributed by atoms with Gasteiger partial charge in [0, 0.05) is 22.9 Å². The molecule has 0 saturated heterocycles. The monoisotopic (exact) mass is 238 g/mol. The SMILES string of the molecule is Cc1oc2cc3oc4ccccc4c3cc2[n+]1C. The summed E-state index contributed by atoms with van der Waals surface area (Å²) in [7, 11) is 2.01. The fraction of sp³-hybridized carbons (Fsp3) is 0.133. The molecule has 0 bridgehead atoms. The molecular formula is C15H12NO2+. The average molecular weight is 238 g/mol. The van der Waals surface area contributed by atoms with Gasteiger partial charge in [-0.2, -0.15) is 4.57 Å². The minimum atomic E-state index is 0.863.